The number of halogens is 1. The zero-order valence-corrected chi connectivity index (χ0v) is 31.4. The molecule has 2 saturated heterocycles. The van der Waals surface area contributed by atoms with Crippen LogP contribution in [0.25, 0.3) is 0 Å². The Kier molecular flexibility index (Phi) is 12.6. The average molecular weight is 738 g/mol. The smallest absolute Gasteiger partial charge is 0.409 e. The third kappa shape index (κ3) is 8.42. The van der Waals surface area contributed by atoms with E-state index in [1.165, 1.54) is 38.0 Å². The number of hydrogen-bond donors (Lipinski definition) is 3. The van der Waals surface area contributed by atoms with Gasteiger partial charge in [0.1, 0.15) is 40.7 Å². The van der Waals surface area contributed by atoms with Crippen molar-refractivity contribution in [2.45, 2.75) is 95.2 Å². The van der Waals surface area contributed by atoms with Gasteiger partial charge in [0, 0.05) is 40.0 Å². The number of esters is 1. The van der Waals surface area contributed by atoms with Crippen LogP contribution in [-0.4, -0.2) is 110 Å². The van der Waals surface area contributed by atoms with Gasteiger partial charge in [-0.2, -0.15) is 12.6 Å². The summed E-state index contributed by atoms with van der Waals surface area (Å²) in [6.07, 6.45) is 1.08. The van der Waals surface area contributed by atoms with E-state index in [0.29, 0.717) is 23.6 Å². The van der Waals surface area contributed by atoms with Crippen molar-refractivity contribution in [3.05, 3.63) is 46.5 Å². The zero-order chi connectivity index (χ0) is 37.1. The molecule has 0 aromatic heterocycles. The second-order valence-corrected chi connectivity index (χ2v) is 14.2. The molecule has 0 unspecified atom stereocenters. The maximum absolute atomic E-state index is 14.0. The minimum absolute atomic E-state index is 0.0489. The first kappa shape index (κ1) is 39.5. The van der Waals surface area contributed by atoms with Crippen molar-refractivity contribution in [1.29, 1.82) is 0 Å². The predicted molar refractivity (Wildman–Crippen MR) is 189 cm³/mol. The van der Waals surface area contributed by atoms with E-state index in [-0.39, 0.29) is 30.2 Å². The Balaban J connectivity index is 1.78. The van der Waals surface area contributed by atoms with E-state index in [9.17, 15) is 24.3 Å². The largest absolute Gasteiger partial charge is 0.495 e. The molecule has 2 N–H and O–H groups in total. The number of likely N-dealkylation sites (N-methyl/N-ethyl adjacent to an activating group) is 1. The number of methoxy groups -OCH3 is 2. The number of ether oxygens (including phenoxy) is 5. The van der Waals surface area contributed by atoms with Crippen LogP contribution < -0.4 is 15.0 Å². The highest BCUT2D eigenvalue weighted by atomic mass is 35.5. The number of aliphatic hydroxyl groups is 1. The summed E-state index contributed by atoms with van der Waals surface area (Å²) in [5, 5.41) is 14.4. The molecule has 1 aromatic rings. The standard InChI is InChI=1S/C35H48ClN3O10S/c1-19-10-9-11-26(46-8)35(44)18-25(47-33(43)37-35)20(2)31-34(4,49-31)27(48-32(42)21(3)38(5)28(40)12-13-50)17-29(41)39(6)23-15-22(14-19)16-24(45-7)30(23)36/h9-11,15-16,20-21,25-27,31,44,50H,12-14,17-18H2,1-8H3,(H,37,43)/b11-9+,19-10+/t20-,21-,25-,26+,27-,31+,34-,35-/m0/s1. The lowest BCUT2D eigenvalue weighted by Gasteiger charge is -2.42. The molecule has 276 valence electrons. The molecule has 50 heavy (non-hydrogen) atoms. The van der Waals surface area contributed by atoms with Gasteiger partial charge >= 0.3 is 12.1 Å². The van der Waals surface area contributed by atoms with Crippen molar-refractivity contribution in [2.24, 2.45) is 5.92 Å². The lowest BCUT2D eigenvalue weighted by Crippen LogP contribution is -2.63. The van der Waals surface area contributed by atoms with E-state index in [1.807, 2.05) is 13.0 Å². The second kappa shape index (κ2) is 15.9. The Bertz CT molecular complexity index is 1540. The number of carbonyl (C=O) groups is 4. The summed E-state index contributed by atoms with van der Waals surface area (Å²) in [5.41, 5.74) is -0.903. The molecule has 3 aliphatic rings. The summed E-state index contributed by atoms with van der Waals surface area (Å²) >= 11 is 10.8. The molecule has 0 radical (unpaired) electrons. The first-order chi connectivity index (χ1) is 23.5. The number of allylic oxidation sites excluding steroid dienone is 3. The number of anilines is 1. The van der Waals surface area contributed by atoms with Crippen molar-refractivity contribution < 1.29 is 48.0 Å². The molecule has 15 heteroatoms. The van der Waals surface area contributed by atoms with E-state index in [1.54, 1.807) is 45.2 Å². The van der Waals surface area contributed by atoms with E-state index in [4.69, 9.17) is 35.3 Å². The number of nitrogens with zero attached hydrogens (tertiary/aromatic N) is 2. The SMILES string of the molecule is COc1cc2cc(c1Cl)N(C)C(=O)C[C@H](OC(=O)[C@H](C)N(C)C(=O)CCS)[C@]1(C)O[C@@H]1[C@@H](C)[C@@H]1C[C@@](O)(NC(=O)O1)[C@H](OC)/C=C/C=C(\C)C2. The molecule has 3 amide bonds. The van der Waals surface area contributed by atoms with Crippen LogP contribution in [0.1, 0.15) is 52.5 Å². The first-order valence-corrected chi connectivity index (χ1v) is 17.5. The molecule has 2 fully saturated rings. The van der Waals surface area contributed by atoms with E-state index in [0.717, 1.165) is 11.1 Å². The van der Waals surface area contributed by atoms with E-state index < -0.39 is 65.7 Å². The Hall–Kier alpha value is -3.30. The number of amides is 3. The average Bonchev–Trinajstić information content (AvgIpc) is 3.76. The lowest BCUT2D eigenvalue weighted by molar-refractivity contribution is -0.161. The fourth-order valence-corrected chi connectivity index (χ4v) is 6.99. The van der Waals surface area contributed by atoms with Crippen molar-refractivity contribution in [2.75, 3.05) is 39.0 Å². The molecule has 1 aromatic carbocycles. The van der Waals surface area contributed by atoms with E-state index >= 15 is 0 Å². The number of alkyl carbamates (subject to hydrolysis) is 1. The molecular weight excluding hydrogens is 690 g/mol. The number of carbonyl (C=O) groups excluding carboxylic acids is 4. The molecular formula is C35H48ClN3O10S. The number of benzene rings is 1. The number of epoxide rings is 1. The Morgan fingerprint density at radius 2 is 1.98 bits per heavy atom. The molecule has 4 bridgehead atoms. The van der Waals surface area contributed by atoms with Gasteiger partial charge in [-0.3, -0.25) is 14.9 Å². The third-order valence-corrected chi connectivity index (χ3v) is 10.5. The molecule has 4 rings (SSSR count). The van der Waals surface area contributed by atoms with Crippen LogP contribution in [0.5, 0.6) is 5.75 Å². The normalized spacial score (nSPS) is 32.3. The first-order valence-electron chi connectivity index (χ1n) is 16.4. The van der Waals surface area contributed by atoms with Gasteiger partial charge in [-0.15, -0.1) is 0 Å². The maximum Gasteiger partial charge on any atom is 0.409 e. The summed E-state index contributed by atoms with van der Waals surface area (Å²) in [6.45, 7) is 6.96. The molecule has 0 aliphatic carbocycles. The van der Waals surface area contributed by atoms with Gasteiger partial charge in [0.25, 0.3) is 0 Å². The number of nitrogens with one attached hydrogen (secondary N) is 1. The number of fused-ring (bicyclic) bond motifs is 5. The van der Waals surface area contributed by atoms with Crippen LogP contribution in [-0.2, 0) is 39.8 Å². The maximum atomic E-state index is 14.0. The van der Waals surface area contributed by atoms with Crippen LogP contribution in [0.4, 0.5) is 10.5 Å². The molecule has 0 saturated carbocycles. The number of thiol groups is 1. The quantitative estimate of drug-likeness (QED) is 0.214. The highest BCUT2D eigenvalue weighted by Gasteiger charge is 2.64. The topological polar surface area (TPSA) is 156 Å². The van der Waals surface area contributed by atoms with Crippen LogP contribution in [0, 0.1) is 5.92 Å². The van der Waals surface area contributed by atoms with Gasteiger partial charge < -0.3 is 38.6 Å². The van der Waals surface area contributed by atoms with Gasteiger partial charge in [-0.05, 0) is 50.6 Å². The van der Waals surface area contributed by atoms with Crippen LogP contribution in [0.2, 0.25) is 5.02 Å². The molecule has 0 spiro atoms. The molecule has 3 aliphatic heterocycles. The summed E-state index contributed by atoms with van der Waals surface area (Å²) < 4.78 is 29.0. The van der Waals surface area contributed by atoms with Gasteiger partial charge in [-0.1, -0.05) is 42.3 Å². The Labute approximate surface area is 303 Å². The van der Waals surface area contributed by atoms with Crippen molar-refractivity contribution >= 4 is 53.8 Å². The summed E-state index contributed by atoms with van der Waals surface area (Å²) in [5.74, 6) is -1.30. The minimum Gasteiger partial charge on any atom is -0.495 e. The number of rotatable bonds is 7. The summed E-state index contributed by atoms with van der Waals surface area (Å²) in [4.78, 5) is 55.6. The van der Waals surface area contributed by atoms with Crippen LogP contribution in [0.3, 0.4) is 0 Å². The van der Waals surface area contributed by atoms with Crippen molar-refractivity contribution in [3.63, 3.8) is 0 Å². The molecule has 13 nitrogen and oxygen atoms in total. The monoisotopic (exact) mass is 737 g/mol. The fraction of sp³-hybridized carbons (Fsp3) is 0.600. The lowest BCUT2D eigenvalue weighted by atomic mass is 9.83. The number of hydrogen-bond acceptors (Lipinski definition) is 11. The van der Waals surface area contributed by atoms with Gasteiger partial charge in [0.2, 0.25) is 11.8 Å². The van der Waals surface area contributed by atoms with Gasteiger partial charge in [0.05, 0.1) is 25.3 Å². The summed E-state index contributed by atoms with van der Waals surface area (Å²) in [6, 6.07) is 2.60. The van der Waals surface area contributed by atoms with Gasteiger partial charge in [0.15, 0.2) is 5.72 Å². The minimum atomic E-state index is -1.82. The van der Waals surface area contributed by atoms with Gasteiger partial charge in [-0.25, -0.2) is 9.59 Å². The fourth-order valence-electron chi connectivity index (χ4n) is 6.49. The van der Waals surface area contributed by atoms with Crippen molar-refractivity contribution in [3.8, 4) is 5.75 Å². The van der Waals surface area contributed by atoms with Crippen LogP contribution >= 0.6 is 24.2 Å². The van der Waals surface area contributed by atoms with Crippen molar-refractivity contribution in [1.82, 2.24) is 10.2 Å². The molecule has 8 atom stereocenters. The second-order valence-electron chi connectivity index (χ2n) is 13.4. The predicted octanol–water partition coefficient (Wildman–Crippen LogP) is 3.83. The molecule has 3 heterocycles. The Morgan fingerprint density at radius 1 is 1.28 bits per heavy atom. The Morgan fingerprint density at radius 3 is 2.62 bits per heavy atom. The highest BCUT2D eigenvalue weighted by Crippen LogP contribution is 2.49. The third-order valence-electron chi connectivity index (χ3n) is 9.85. The van der Waals surface area contributed by atoms with E-state index in [2.05, 4.69) is 17.9 Å². The highest BCUT2D eigenvalue weighted by molar-refractivity contribution is 7.80. The zero-order valence-electron chi connectivity index (χ0n) is 29.7. The summed E-state index contributed by atoms with van der Waals surface area (Å²) in [7, 11) is 5.98. The van der Waals surface area contributed by atoms with Crippen LogP contribution in [0.15, 0.2) is 35.9 Å².